The van der Waals surface area contributed by atoms with Gasteiger partial charge in [-0.15, -0.1) is 12.4 Å². The molecule has 0 fully saturated rings. The fourth-order valence-corrected chi connectivity index (χ4v) is 1.44. The zero-order chi connectivity index (χ0) is 10.6. The Balaban J connectivity index is 0.00000196. The van der Waals surface area contributed by atoms with Crippen LogP contribution in [0.4, 0.5) is 5.69 Å². The highest BCUT2D eigenvalue weighted by Crippen LogP contribution is 2.23. The lowest BCUT2D eigenvalue weighted by Gasteiger charge is -2.17. The third-order valence-corrected chi connectivity index (χ3v) is 2.26. The van der Waals surface area contributed by atoms with E-state index in [0.29, 0.717) is 5.92 Å². The van der Waals surface area contributed by atoms with Gasteiger partial charge in [-0.3, -0.25) is 0 Å². The second-order valence-corrected chi connectivity index (χ2v) is 3.97. The highest BCUT2D eigenvalue weighted by Gasteiger charge is 2.07. The van der Waals surface area contributed by atoms with Crippen molar-refractivity contribution in [3.05, 3.63) is 29.8 Å². The maximum absolute atomic E-state index is 8.96. The molecule has 2 N–H and O–H groups in total. The van der Waals surface area contributed by atoms with Gasteiger partial charge in [0.1, 0.15) is 0 Å². The lowest BCUT2D eigenvalue weighted by Crippen LogP contribution is -2.20. The monoisotopic (exact) mass is 229 g/mol. The Kier molecular flexibility index (Phi) is 6.37. The van der Waals surface area contributed by atoms with E-state index >= 15 is 0 Å². The summed E-state index contributed by atoms with van der Waals surface area (Å²) in [5.41, 5.74) is 2.43. The predicted molar refractivity (Wildman–Crippen MR) is 67.9 cm³/mol. The minimum atomic E-state index is 0. The topological polar surface area (TPSA) is 32.3 Å². The van der Waals surface area contributed by atoms with Crippen LogP contribution in [0, 0.1) is 0 Å². The Morgan fingerprint density at radius 3 is 2.33 bits per heavy atom. The molecule has 0 aliphatic rings. The van der Waals surface area contributed by atoms with Crippen molar-refractivity contribution in [1.29, 1.82) is 0 Å². The minimum absolute atomic E-state index is 0. The summed E-state index contributed by atoms with van der Waals surface area (Å²) in [7, 11) is 0. The lowest BCUT2D eigenvalue weighted by atomic mass is 10.0. The van der Waals surface area contributed by atoms with Gasteiger partial charge < -0.3 is 10.4 Å². The van der Waals surface area contributed by atoms with Gasteiger partial charge in [-0.2, -0.15) is 0 Å². The van der Waals surface area contributed by atoms with Gasteiger partial charge in [0.25, 0.3) is 0 Å². The van der Waals surface area contributed by atoms with Crippen molar-refractivity contribution in [2.45, 2.75) is 32.7 Å². The first kappa shape index (κ1) is 14.3. The molecule has 15 heavy (non-hydrogen) atoms. The fourth-order valence-electron chi connectivity index (χ4n) is 1.44. The number of hydrogen-bond acceptors (Lipinski definition) is 2. The number of aliphatic hydroxyl groups is 1. The molecule has 1 unspecified atom stereocenters. The first-order valence-corrected chi connectivity index (χ1v) is 5.11. The number of para-hydroxylation sites is 1. The third-order valence-electron chi connectivity index (χ3n) is 2.26. The van der Waals surface area contributed by atoms with Crippen LogP contribution < -0.4 is 5.32 Å². The first-order chi connectivity index (χ1) is 6.65. The minimum Gasteiger partial charge on any atom is -0.394 e. The summed E-state index contributed by atoms with van der Waals surface area (Å²) in [6.07, 6.45) is 0. The maximum Gasteiger partial charge on any atom is 0.0630 e. The van der Waals surface area contributed by atoms with Gasteiger partial charge in [-0.25, -0.2) is 0 Å². The summed E-state index contributed by atoms with van der Waals surface area (Å²) in [5.74, 6) is 0.504. The summed E-state index contributed by atoms with van der Waals surface area (Å²) in [6.45, 7) is 6.47. The number of anilines is 1. The van der Waals surface area contributed by atoms with E-state index in [-0.39, 0.29) is 25.1 Å². The van der Waals surface area contributed by atoms with Crippen LogP contribution in [0.3, 0.4) is 0 Å². The summed E-state index contributed by atoms with van der Waals surface area (Å²) in [6, 6.07) is 8.34. The van der Waals surface area contributed by atoms with E-state index < -0.39 is 0 Å². The van der Waals surface area contributed by atoms with Crippen molar-refractivity contribution in [2.24, 2.45) is 0 Å². The molecule has 0 heterocycles. The van der Waals surface area contributed by atoms with Crippen molar-refractivity contribution in [1.82, 2.24) is 0 Å². The molecule has 0 aliphatic heterocycles. The number of benzene rings is 1. The van der Waals surface area contributed by atoms with Crippen LogP contribution in [0.25, 0.3) is 0 Å². The van der Waals surface area contributed by atoms with E-state index in [1.807, 2.05) is 19.1 Å². The number of rotatable bonds is 4. The fraction of sp³-hybridized carbons (Fsp3) is 0.500. The molecule has 3 heteroatoms. The standard InChI is InChI=1S/C12H19NO.ClH/c1-9(2)11-6-4-5-7-12(11)13-10(3)8-14;/h4-7,9-10,13-14H,8H2,1-3H3;1H. The smallest absolute Gasteiger partial charge is 0.0630 e. The summed E-state index contributed by atoms with van der Waals surface area (Å²) in [5, 5.41) is 12.3. The van der Waals surface area contributed by atoms with Crippen LogP contribution in [0.2, 0.25) is 0 Å². The molecule has 1 atom stereocenters. The van der Waals surface area contributed by atoms with Gasteiger partial charge in [0, 0.05) is 11.7 Å². The number of nitrogens with one attached hydrogen (secondary N) is 1. The van der Waals surface area contributed by atoms with Crippen LogP contribution in [-0.2, 0) is 0 Å². The van der Waals surface area contributed by atoms with Crippen LogP contribution in [-0.4, -0.2) is 17.8 Å². The quantitative estimate of drug-likeness (QED) is 0.832. The number of hydrogen-bond donors (Lipinski definition) is 2. The van der Waals surface area contributed by atoms with Crippen LogP contribution in [0.1, 0.15) is 32.3 Å². The van der Waals surface area contributed by atoms with Crippen molar-refractivity contribution < 1.29 is 5.11 Å². The van der Waals surface area contributed by atoms with Crippen molar-refractivity contribution in [2.75, 3.05) is 11.9 Å². The van der Waals surface area contributed by atoms with Crippen molar-refractivity contribution in [3.8, 4) is 0 Å². The molecule has 0 radical (unpaired) electrons. The third kappa shape index (κ3) is 4.10. The summed E-state index contributed by atoms with van der Waals surface area (Å²) >= 11 is 0. The van der Waals surface area contributed by atoms with Gasteiger partial charge in [0.05, 0.1) is 6.61 Å². The van der Waals surface area contributed by atoms with E-state index in [1.165, 1.54) is 5.56 Å². The second kappa shape index (κ2) is 6.70. The van der Waals surface area contributed by atoms with Crippen molar-refractivity contribution >= 4 is 18.1 Å². The summed E-state index contributed by atoms with van der Waals surface area (Å²) in [4.78, 5) is 0. The highest BCUT2D eigenvalue weighted by molar-refractivity contribution is 5.85. The molecule has 1 aromatic carbocycles. The van der Waals surface area contributed by atoms with Gasteiger partial charge in [0.2, 0.25) is 0 Å². The average Bonchev–Trinajstić information content (AvgIpc) is 2.18. The normalized spacial score (nSPS) is 12.1. The maximum atomic E-state index is 8.96. The number of halogens is 1. The molecule has 1 rings (SSSR count). The molecule has 0 bridgehead atoms. The Morgan fingerprint density at radius 1 is 1.20 bits per heavy atom. The van der Waals surface area contributed by atoms with Crippen molar-refractivity contribution in [3.63, 3.8) is 0 Å². The van der Waals surface area contributed by atoms with Gasteiger partial charge in [0.15, 0.2) is 0 Å². The Hall–Kier alpha value is -0.730. The molecule has 86 valence electrons. The molecule has 0 aromatic heterocycles. The Labute approximate surface area is 98.1 Å². The van der Waals surface area contributed by atoms with E-state index in [9.17, 15) is 0 Å². The molecular weight excluding hydrogens is 210 g/mol. The lowest BCUT2D eigenvalue weighted by molar-refractivity contribution is 0.281. The molecule has 0 spiro atoms. The Bertz CT molecular complexity index is 289. The molecular formula is C12H20ClNO. The van der Waals surface area contributed by atoms with E-state index in [1.54, 1.807) is 0 Å². The molecule has 2 nitrogen and oxygen atoms in total. The van der Waals surface area contributed by atoms with Gasteiger partial charge >= 0.3 is 0 Å². The molecule has 0 saturated heterocycles. The zero-order valence-corrected chi connectivity index (χ0v) is 10.3. The molecule has 0 saturated carbocycles. The highest BCUT2D eigenvalue weighted by atomic mass is 35.5. The zero-order valence-electron chi connectivity index (χ0n) is 9.53. The van der Waals surface area contributed by atoms with E-state index in [0.717, 1.165) is 5.69 Å². The van der Waals surface area contributed by atoms with E-state index in [4.69, 9.17) is 5.11 Å². The van der Waals surface area contributed by atoms with Gasteiger partial charge in [-0.05, 0) is 24.5 Å². The van der Waals surface area contributed by atoms with Gasteiger partial charge in [-0.1, -0.05) is 32.0 Å². The van der Waals surface area contributed by atoms with E-state index in [2.05, 4.69) is 31.3 Å². The second-order valence-electron chi connectivity index (χ2n) is 3.97. The van der Waals surface area contributed by atoms with Crippen LogP contribution >= 0.6 is 12.4 Å². The largest absolute Gasteiger partial charge is 0.394 e. The summed E-state index contributed by atoms with van der Waals surface area (Å²) < 4.78 is 0. The molecule has 0 aliphatic carbocycles. The Morgan fingerprint density at radius 2 is 1.80 bits per heavy atom. The number of aliphatic hydroxyl groups excluding tert-OH is 1. The first-order valence-electron chi connectivity index (χ1n) is 5.11. The van der Waals surface area contributed by atoms with Crippen LogP contribution in [0.5, 0.6) is 0 Å². The predicted octanol–water partition coefficient (Wildman–Crippen LogP) is 3.02. The average molecular weight is 230 g/mol. The SMILES string of the molecule is CC(CO)Nc1ccccc1C(C)C.Cl. The molecule has 1 aromatic rings. The van der Waals surface area contributed by atoms with Crippen LogP contribution in [0.15, 0.2) is 24.3 Å². The molecule has 0 amide bonds.